The van der Waals surface area contributed by atoms with E-state index in [1.54, 1.807) is 0 Å². The zero-order valence-corrected chi connectivity index (χ0v) is 13.5. The van der Waals surface area contributed by atoms with Crippen molar-refractivity contribution in [1.82, 2.24) is 9.80 Å². The lowest BCUT2D eigenvalue weighted by molar-refractivity contribution is -0.152. The molecule has 3 rings (SSSR count). The third-order valence-electron chi connectivity index (χ3n) is 4.42. The number of phenolic OH excluding ortho intramolecular Hbond substituents is 1. The molecule has 9 nitrogen and oxygen atoms in total. The van der Waals surface area contributed by atoms with Crippen molar-refractivity contribution in [2.45, 2.75) is 18.9 Å². The van der Waals surface area contributed by atoms with Crippen LogP contribution in [0, 0.1) is 0 Å². The average Bonchev–Trinajstić information content (AvgIpc) is 2.83. The Hall–Kier alpha value is -2.94. The number of phenols is 1. The number of nitrogens with zero attached hydrogens (tertiary/aromatic N) is 2. The van der Waals surface area contributed by atoms with Gasteiger partial charge in [-0.3, -0.25) is 29.0 Å². The predicted molar refractivity (Wildman–Crippen MR) is 84.6 cm³/mol. The highest BCUT2D eigenvalue weighted by Crippen LogP contribution is 2.36. The third-order valence-corrected chi connectivity index (χ3v) is 4.42. The molecule has 2 aliphatic heterocycles. The number of anilines is 1. The lowest BCUT2D eigenvalue weighted by Crippen LogP contribution is -2.56. The van der Waals surface area contributed by atoms with Crippen molar-refractivity contribution < 1.29 is 29.0 Å². The van der Waals surface area contributed by atoms with Gasteiger partial charge in [-0.25, -0.2) is 0 Å². The number of hydrogen-bond donors (Lipinski definition) is 2. The number of amides is 4. The predicted octanol–water partition coefficient (Wildman–Crippen LogP) is -0.266. The number of fused-ring (bicyclic) bond motifs is 1. The molecule has 1 fully saturated rings. The highest BCUT2D eigenvalue weighted by Gasteiger charge is 2.47. The zero-order valence-electron chi connectivity index (χ0n) is 13.5. The van der Waals surface area contributed by atoms with Crippen molar-refractivity contribution in [1.29, 1.82) is 0 Å². The normalized spacial score (nSPS) is 20.4. The molecule has 1 atom stereocenters. The summed E-state index contributed by atoms with van der Waals surface area (Å²) in [5, 5.41) is 9.67. The minimum atomic E-state index is -1.08. The van der Waals surface area contributed by atoms with E-state index in [4.69, 9.17) is 10.5 Å². The molecule has 2 heterocycles. The molecule has 1 aromatic rings. The molecule has 0 spiro atoms. The van der Waals surface area contributed by atoms with E-state index in [-0.39, 0.29) is 54.5 Å². The van der Waals surface area contributed by atoms with Gasteiger partial charge in [-0.15, -0.1) is 0 Å². The fourth-order valence-electron chi connectivity index (χ4n) is 3.12. The summed E-state index contributed by atoms with van der Waals surface area (Å²) in [4.78, 5) is 51.7. The summed E-state index contributed by atoms with van der Waals surface area (Å²) in [5.41, 5.74) is 5.44. The van der Waals surface area contributed by atoms with E-state index < -0.39 is 23.8 Å². The fraction of sp³-hybridized carbons (Fsp3) is 0.375. The van der Waals surface area contributed by atoms with E-state index in [2.05, 4.69) is 0 Å². The SMILES string of the molecule is COCCN1C(=O)CCC(N2C(=O)c3ccc(O)c(N)c3C2=O)C1=O. The van der Waals surface area contributed by atoms with Crippen LogP contribution in [0.4, 0.5) is 5.69 Å². The minimum Gasteiger partial charge on any atom is -0.506 e. The maximum absolute atomic E-state index is 12.7. The first-order valence-corrected chi connectivity index (χ1v) is 7.71. The molecular formula is C16H17N3O6. The van der Waals surface area contributed by atoms with Crippen molar-refractivity contribution in [3.05, 3.63) is 23.3 Å². The van der Waals surface area contributed by atoms with Crippen LogP contribution < -0.4 is 5.73 Å². The summed E-state index contributed by atoms with van der Waals surface area (Å²) in [6.07, 6.45) is 0.0900. The van der Waals surface area contributed by atoms with Gasteiger partial charge in [0, 0.05) is 13.5 Å². The number of carbonyl (C=O) groups is 4. The lowest BCUT2D eigenvalue weighted by Gasteiger charge is -2.34. The quantitative estimate of drug-likeness (QED) is 0.436. The van der Waals surface area contributed by atoms with Crippen molar-refractivity contribution in [2.24, 2.45) is 0 Å². The maximum atomic E-state index is 12.7. The largest absolute Gasteiger partial charge is 0.506 e. The van der Waals surface area contributed by atoms with E-state index in [9.17, 15) is 24.3 Å². The van der Waals surface area contributed by atoms with Gasteiger partial charge in [-0.1, -0.05) is 0 Å². The molecule has 132 valence electrons. The molecule has 0 aliphatic carbocycles. The van der Waals surface area contributed by atoms with E-state index in [0.29, 0.717) is 0 Å². The number of nitrogen functional groups attached to an aromatic ring is 1. The number of hydrogen-bond acceptors (Lipinski definition) is 7. The topological polar surface area (TPSA) is 130 Å². The standard InChI is InChI=1S/C16H17N3O6/c1-25-7-6-18-11(21)5-3-9(15(18)23)19-14(22)8-2-4-10(20)13(17)12(8)16(19)24/h2,4,9,20H,3,5-7,17H2,1H3. The first-order valence-electron chi connectivity index (χ1n) is 7.71. The molecule has 0 bridgehead atoms. The smallest absolute Gasteiger partial charge is 0.264 e. The number of imide groups is 2. The molecule has 2 aliphatic rings. The van der Waals surface area contributed by atoms with Gasteiger partial charge in [0.2, 0.25) is 5.91 Å². The molecule has 1 saturated heterocycles. The van der Waals surface area contributed by atoms with Gasteiger partial charge >= 0.3 is 0 Å². The number of piperidine rings is 1. The molecule has 1 aromatic carbocycles. The lowest BCUT2D eigenvalue weighted by atomic mass is 10.0. The van der Waals surface area contributed by atoms with E-state index in [1.807, 2.05) is 0 Å². The third kappa shape index (κ3) is 2.52. The molecule has 0 saturated carbocycles. The molecule has 0 aromatic heterocycles. The number of rotatable bonds is 4. The second kappa shape index (κ2) is 6.17. The molecule has 3 N–H and O–H groups in total. The number of methoxy groups -OCH3 is 1. The summed E-state index contributed by atoms with van der Waals surface area (Å²) >= 11 is 0. The van der Waals surface area contributed by atoms with Gasteiger partial charge in [0.05, 0.1) is 30.0 Å². The Bertz CT molecular complexity index is 790. The Morgan fingerprint density at radius 2 is 1.96 bits per heavy atom. The fourth-order valence-corrected chi connectivity index (χ4v) is 3.12. The summed E-state index contributed by atoms with van der Waals surface area (Å²) in [6, 6.07) is 1.44. The average molecular weight is 347 g/mol. The monoisotopic (exact) mass is 347 g/mol. The van der Waals surface area contributed by atoms with Crippen molar-refractivity contribution in [3.63, 3.8) is 0 Å². The van der Waals surface area contributed by atoms with Crippen LogP contribution in [0.2, 0.25) is 0 Å². The Balaban J connectivity index is 1.93. The summed E-state index contributed by atoms with van der Waals surface area (Å²) in [6.45, 7) is 0.212. The molecule has 9 heteroatoms. The number of likely N-dealkylation sites (tertiary alicyclic amines) is 1. The molecular weight excluding hydrogens is 330 g/mol. The summed E-state index contributed by atoms with van der Waals surface area (Å²) in [7, 11) is 1.44. The van der Waals surface area contributed by atoms with Crippen molar-refractivity contribution in [2.75, 3.05) is 26.0 Å². The van der Waals surface area contributed by atoms with Gasteiger partial charge in [-0.05, 0) is 18.6 Å². The number of nitrogens with two attached hydrogens (primary N) is 1. The van der Waals surface area contributed by atoms with E-state index >= 15 is 0 Å². The highest BCUT2D eigenvalue weighted by molar-refractivity contribution is 6.25. The van der Waals surface area contributed by atoms with Gasteiger partial charge < -0.3 is 15.6 Å². The van der Waals surface area contributed by atoms with Crippen LogP contribution in [0.25, 0.3) is 0 Å². The van der Waals surface area contributed by atoms with E-state index in [1.165, 1.54) is 19.2 Å². The Morgan fingerprint density at radius 1 is 1.24 bits per heavy atom. The molecule has 25 heavy (non-hydrogen) atoms. The van der Waals surface area contributed by atoms with Crippen LogP contribution in [-0.2, 0) is 14.3 Å². The number of ether oxygens (including phenoxy) is 1. The van der Waals surface area contributed by atoms with Gasteiger partial charge in [0.1, 0.15) is 11.8 Å². The van der Waals surface area contributed by atoms with Crippen LogP contribution in [0.3, 0.4) is 0 Å². The van der Waals surface area contributed by atoms with Crippen LogP contribution >= 0.6 is 0 Å². The maximum Gasteiger partial charge on any atom is 0.264 e. The molecule has 1 unspecified atom stereocenters. The molecule has 4 amide bonds. The Labute approximate surface area is 142 Å². The summed E-state index contributed by atoms with van der Waals surface area (Å²) in [5.74, 6) is -2.70. The van der Waals surface area contributed by atoms with Crippen LogP contribution in [-0.4, -0.2) is 64.8 Å². The zero-order chi connectivity index (χ0) is 18.3. The van der Waals surface area contributed by atoms with Crippen LogP contribution in [0.5, 0.6) is 5.75 Å². The van der Waals surface area contributed by atoms with Crippen molar-refractivity contribution >= 4 is 29.3 Å². The number of carbonyl (C=O) groups excluding carboxylic acids is 4. The van der Waals surface area contributed by atoms with Crippen molar-refractivity contribution in [3.8, 4) is 5.75 Å². The van der Waals surface area contributed by atoms with Gasteiger partial charge in [0.25, 0.3) is 17.7 Å². The minimum absolute atomic E-state index is 0.0356. The Kier molecular flexibility index (Phi) is 4.17. The van der Waals surface area contributed by atoms with E-state index in [0.717, 1.165) is 9.80 Å². The second-order valence-electron chi connectivity index (χ2n) is 5.83. The highest BCUT2D eigenvalue weighted by atomic mass is 16.5. The second-order valence-corrected chi connectivity index (χ2v) is 5.83. The first-order chi connectivity index (χ1) is 11.9. The first kappa shape index (κ1) is 16.9. The van der Waals surface area contributed by atoms with Crippen LogP contribution in [0.15, 0.2) is 12.1 Å². The van der Waals surface area contributed by atoms with Gasteiger partial charge in [0.15, 0.2) is 0 Å². The van der Waals surface area contributed by atoms with Gasteiger partial charge in [-0.2, -0.15) is 0 Å². The Morgan fingerprint density at radius 3 is 2.64 bits per heavy atom. The van der Waals surface area contributed by atoms with Crippen LogP contribution in [0.1, 0.15) is 33.6 Å². The number of benzene rings is 1. The number of aromatic hydroxyl groups is 1. The molecule has 0 radical (unpaired) electrons. The summed E-state index contributed by atoms with van der Waals surface area (Å²) < 4.78 is 4.89.